The summed E-state index contributed by atoms with van der Waals surface area (Å²) >= 11 is 6.04. The van der Waals surface area contributed by atoms with Crippen LogP contribution in [0.25, 0.3) is 11.1 Å². The van der Waals surface area contributed by atoms with Crippen molar-refractivity contribution in [1.29, 1.82) is 0 Å². The summed E-state index contributed by atoms with van der Waals surface area (Å²) in [6.07, 6.45) is 6.70. The zero-order valence-electron chi connectivity index (χ0n) is 17.9. The molecule has 6 nitrogen and oxygen atoms in total. The number of fused-ring (bicyclic) bond motifs is 1. The van der Waals surface area contributed by atoms with Crippen molar-refractivity contribution in [3.05, 3.63) is 53.3 Å². The van der Waals surface area contributed by atoms with E-state index in [1.165, 1.54) is 31.4 Å². The standard InChI is InChI=1S/C24H28ClFN4O2/c25-17-6-11-20-22(15-17)32-24(29-20)30-21(14-16-4-2-1-3-5-16)23(31)28-13-12-27-19-9-7-18(26)8-10-19/h6-11,15-16,21,27H,1-5,12-14H2,(H,28,31)(H,29,30). The Bertz CT molecular complexity index is 1030. The molecule has 1 atom stereocenters. The zero-order valence-corrected chi connectivity index (χ0v) is 18.6. The molecule has 3 aromatic rings. The minimum Gasteiger partial charge on any atom is -0.423 e. The number of hydrogen-bond donors (Lipinski definition) is 3. The summed E-state index contributed by atoms with van der Waals surface area (Å²) < 4.78 is 18.8. The van der Waals surface area contributed by atoms with E-state index >= 15 is 0 Å². The number of amides is 1. The number of nitrogens with one attached hydrogen (secondary N) is 3. The number of anilines is 2. The molecular formula is C24H28ClFN4O2. The molecule has 3 N–H and O–H groups in total. The monoisotopic (exact) mass is 458 g/mol. The van der Waals surface area contributed by atoms with Crippen LogP contribution in [0, 0.1) is 11.7 Å². The van der Waals surface area contributed by atoms with Crippen molar-refractivity contribution in [3.63, 3.8) is 0 Å². The van der Waals surface area contributed by atoms with Crippen molar-refractivity contribution in [2.45, 2.75) is 44.6 Å². The van der Waals surface area contributed by atoms with E-state index in [4.69, 9.17) is 16.0 Å². The number of rotatable bonds is 9. The molecule has 8 heteroatoms. The molecule has 1 aliphatic rings. The summed E-state index contributed by atoms with van der Waals surface area (Å²) in [5.41, 5.74) is 2.08. The summed E-state index contributed by atoms with van der Waals surface area (Å²) in [6.45, 7) is 0.983. The van der Waals surface area contributed by atoms with Crippen molar-refractivity contribution in [3.8, 4) is 0 Å². The minimum atomic E-state index is -0.438. The van der Waals surface area contributed by atoms with Gasteiger partial charge in [-0.25, -0.2) is 4.39 Å². The first kappa shape index (κ1) is 22.4. The maximum atomic E-state index is 13.0. The molecule has 4 rings (SSSR count). The fraction of sp³-hybridized carbons (Fsp3) is 0.417. The SMILES string of the molecule is O=C(NCCNc1ccc(F)cc1)C(CC1CCCCC1)Nc1nc2ccc(Cl)cc2o1. The number of carbonyl (C=O) groups is 1. The maximum absolute atomic E-state index is 13.0. The Kier molecular flexibility index (Phi) is 7.47. The Labute approximate surface area is 191 Å². The number of aromatic nitrogens is 1. The lowest BCUT2D eigenvalue weighted by Gasteiger charge is -2.26. The number of oxazole rings is 1. The smallest absolute Gasteiger partial charge is 0.296 e. The molecule has 170 valence electrons. The van der Waals surface area contributed by atoms with Crippen LogP contribution in [0.5, 0.6) is 0 Å². The molecule has 0 radical (unpaired) electrons. The van der Waals surface area contributed by atoms with E-state index in [-0.39, 0.29) is 11.7 Å². The first-order chi connectivity index (χ1) is 15.6. The van der Waals surface area contributed by atoms with Gasteiger partial charge in [-0.3, -0.25) is 4.79 Å². The fourth-order valence-corrected chi connectivity index (χ4v) is 4.34. The van der Waals surface area contributed by atoms with E-state index in [2.05, 4.69) is 20.9 Å². The Morgan fingerprint density at radius 2 is 1.91 bits per heavy atom. The Morgan fingerprint density at radius 3 is 2.69 bits per heavy atom. The highest BCUT2D eigenvalue weighted by Gasteiger charge is 2.25. The number of hydrogen-bond acceptors (Lipinski definition) is 5. The minimum absolute atomic E-state index is 0.0863. The first-order valence-electron chi connectivity index (χ1n) is 11.2. The molecule has 1 unspecified atom stereocenters. The number of halogens is 2. The highest BCUT2D eigenvalue weighted by molar-refractivity contribution is 6.31. The number of nitrogens with zero attached hydrogens (tertiary/aromatic N) is 1. The van der Waals surface area contributed by atoms with E-state index in [1.54, 1.807) is 30.3 Å². The van der Waals surface area contributed by atoms with Gasteiger partial charge in [0.05, 0.1) is 0 Å². The lowest BCUT2D eigenvalue weighted by atomic mass is 9.84. The van der Waals surface area contributed by atoms with Gasteiger partial charge in [0, 0.05) is 29.9 Å². The molecule has 32 heavy (non-hydrogen) atoms. The molecule has 1 aliphatic carbocycles. The Hall–Kier alpha value is -2.80. The van der Waals surface area contributed by atoms with E-state index < -0.39 is 6.04 Å². The van der Waals surface area contributed by atoms with Crippen LogP contribution in [-0.2, 0) is 4.79 Å². The summed E-state index contributed by atoms with van der Waals surface area (Å²) in [5.74, 6) is 0.141. The molecule has 1 saturated carbocycles. The quantitative estimate of drug-likeness (QED) is 0.364. The molecule has 1 amide bonds. The normalized spacial score (nSPS) is 15.4. The summed E-state index contributed by atoms with van der Waals surface area (Å²) in [7, 11) is 0. The molecule has 1 aromatic heterocycles. The van der Waals surface area contributed by atoms with Gasteiger partial charge in [-0.15, -0.1) is 0 Å². The summed E-state index contributed by atoms with van der Waals surface area (Å²) in [6, 6.07) is 11.3. The van der Waals surface area contributed by atoms with Gasteiger partial charge in [-0.1, -0.05) is 43.7 Å². The lowest BCUT2D eigenvalue weighted by Crippen LogP contribution is -2.42. The van der Waals surface area contributed by atoms with Gasteiger partial charge in [-0.05, 0) is 48.7 Å². The van der Waals surface area contributed by atoms with Gasteiger partial charge in [0.25, 0.3) is 6.01 Å². The Balaban J connectivity index is 1.36. The third kappa shape index (κ3) is 6.13. The molecule has 1 heterocycles. The summed E-state index contributed by atoms with van der Waals surface area (Å²) in [4.78, 5) is 17.5. The fourth-order valence-electron chi connectivity index (χ4n) is 4.18. The van der Waals surface area contributed by atoms with Crippen LogP contribution in [0.2, 0.25) is 5.02 Å². The van der Waals surface area contributed by atoms with Gasteiger partial charge in [0.15, 0.2) is 5.58 Å². The average molecular weight is 459 g/mol. The predicted octanol–water partition coefficient (Wildman–Crippen LogP) is 5.60. The van der Waals surface area contributed by atoms with Crippen molar-refractivity contribution >= 4 is 40.3 Å². The highest BCUT2D eigenvalue weighted by atomic mass is 35.5. The van der Waals surface area contributed by atoms with Crippen molar-refractivity contribution in [2.24, 2.45) is 5.92 Å². The van der Waals surface area contributed by atoms with Gasteiger partial charge < -0.3 is 20.4 Å². The zero-order chi connectivity index (χ0) is 22.3. The predicted molar refractivity (Wildman–Crippen MR) is 126 cm³/mol. The van der Waals surface area contributed by atoms with Gasteiger partial charge in [0.2, 0.25) is 5.91 Å². The second-order valence-corrected chi connectivity index (χ2v) is 8.73. The second-order valence-electron chi connectivity index (χ2n) is 8.29. The topological polar surface area (TPSA) is 79.2 Å². The molecular weight excluding hydrogens is 431 g/mol. The van der Waals surface area contributed by atoms with E-state index in [0.29, 0.717) is 41.1 Å². The van der Waals surface area contributed by atoms with Crippen molar-refractivity contribution in [1.82, 2.24) is 10.3 Å². The first-order valence-corrected chi connectivity index (χ1v) is 11.5. The van der Waals surface area contributed by atoms with E-state index in [9.17, 15) is 9.18 Å². The van der Waals surface area contributed by atoms with Crippen molar-refractivity contribution < 1.29 is 13.6 Å². The molecule has 0 saturated heterocycles. The van der Waals surface area contributed by atoms with Crippen LogP contribution in [0.3, 0.4) is 0 Å². The van der Waals surface area contributed by atoms with E-state index in [0.717, 1.165) is 24.9 Å². The third-order valence-electron chi connectivity index (χ3n) is 5.86. The van der Waals surface area contributed by atoms with Crippen LogP contribution < -0.4 is 16.0 Å². The average Bonchev–Trinajstić information content (AvgIpc) is 3.19. The van der Waals surface area contributed by atoms with Gasteiger partial charge in [-0.2, -0.15) is 4.98 Å². The molecule has 1 fully saturated rings. The van der Waals surface area contributed by atoms with Crippen LogP contribution in [0.1, 0.15) is 38.5 Å². The number of benzene rings is 2. The third-order valence-corrected chi connectivity index (χ3v) is 6.09. The second kappa shape index (κ2) is 10.7. The molecule has 0 spiro atoms. The maximum Gasteiger partial charge on any atom is 0.296 e. The molecule has 0 bridgehead atoms. The lowest BCUT2D eigenvalue weighted by molar-refractivity contribution is -0.122. The number of carbonyl (C=O) groups excluding carboxylic acids is 1. The molecule has 2 aromatic carbocycles. The molecule has 0 aliphatic heterocycles. The van der Waals surface area contributed by atoms with Crippen LogP contribution in [0.15, 0.2) is 46.9 Å². The Morgan fingerprint density at radius 1 is 1.12 bits per heavy atom. The van der Waals surface area contributed by atoms with Crippen LogP contribution >= 0.6 is 11.6 Å². The van der Waals surface area contributed by atoms with E-state index in [1.807, 2.05) is 0 Å². The highest BCUT2D eigenvalue weighted by Crippen LogP contribution is 2.29. The van der Waals surface area contributed by atoms with Gasteiger partial charge in [0.1, 0.15) is 17.4 Å². The summed E-state index contributed by atoms with van der Waals surface area (Å²) in [5, 5.41) is 9.94. The van der Waals surface area contributed by atoms with Crippen LogP contribution in [0.4, 0.5) is 16.1 Å². The van der Waals surface area contributed by atoms with Crippen molar-refractivity contribution in [2.75, 3.05) is 23.7 Å². The largest absolute Gasteiger partial charge is 0.423 e. The van der Waals surface area contributed by atoms with Crippen LogP contribution in [-0.4, -0.2) is 30.0 Å². The van der Waals surface area contributed by atoms with Gasteiger partial charge >= 0.3 is 0 Å².